The van der Waals surface area contributed by atoms with Gasteiger partial charge < -0.3 is 11.1 Å². The van der Waals surface area contributed by atoms with Gasteiger partial charge in [0.15, 0.2) is 5.65 Å². The van der Waals surface area contributed by atoms with Crippen LogP contribution in [0.4, 0.5) is 20.3 Å². The molecule has 2 heterocycles. The van der Waals surface area contributed by atoms with E-state index >= 15 is 0 Å². The lowest BCUT2D eigenvalue weighted by Gasteiger charge is -2.12. The SMILES string of the molecule is CC(C)n1nc(-c2ccc(NC(=O)Cc3cccc(C(C)(F)F)c3)cc2)c2c(N)ncnc21.Cl. The summed E-state index contributed by atoms with van der Waals surface area (Å²) in [6, 6.07) is 13.1. The van der Waals surface area contributed by atoms with E-state index in [2.05, 4.69) is 20.4 Å². The number of rotatable bonds is 6. The van der Waals surface area contributed by atoms with Crippen LogP contribution in [0.15, 0.2) is 54.9 Å². The molecule has 0 aliphatic rings. The highest BCUT2D eigenvalue weighted by Gasteiger charge is 2.24. The number of aromatic nitrogens is 4. The number of fused-ring (bicyclic) bond motifs is 1. The minimum Gasteiger partial charge on any atom is -0.383 e. The number of benzene rings is 2. The Morgan fingerprint density at radius 1 is 1.15 bits per heavy atom. The molecule has 10 heteroatoms. The number of nitrogens with zero attached hydrogens (tertiary/aromatic N) is 4. The molecule has 4 rings (SSSR count). The number of nitrogen functional groups attached to an aromatic ring is 1. The molecule has 34 heavy (non-hydrogen) atoms. The summed E-state index contributed by atoms with van der Waals surface area (Å²) in [5, 5.41) is 8.15. The summed E-state index contributed by atoms with van der Waals surface area (Å²) in [5.41, 5.74) is 9.21. The molecule has 0 aliphatic heterocycles. The van der Waals surface area contributed by atoms with Crippen LogP contribution in [0, 0.1) is 0 Å². The van der Waals surface area contributed by atoms with Gasteiger partial charge in [-0.05, 0) is 37.6 Å². The maximum absolute atomic E-state index is 13.5. The average molecular weight is 487 g/mol. The second-order valence-electron chi connectivity index (χ2n) is 8.24. The lowest BCUT2D eigenvalue weighted by molar-refractivity contribution is -0.115. The lowest BCUT2D eigenvalue weighted by atomic mass is 10.0. The molecule has 0 unspecified atom stereocenters. The van der Waals surface area contributed by atoms with Crippen molar-refractivity contribution in [3.8, 4) is 11.3 Å². The van der Waals surface area contributed by atoms with Crippen molar-refractivity contribution >= 4 is 40.9 Å². The van der Waals surface area contributed by atoms with Gasteiger partial charge >= 0.3 is 0 Å². The van der Waals surface area contributed by atoms with Crippen molar-refractivity contribution in [3.05, 3.63) is 66.0 Å². The van der Waals surface area contributed by atoms with Crippen molar-refractivity contribution < 1.29 is 13.6 Å². The Morgan fingerprint density at radius 3 is 2.50 bits per heavy atom. The van der Waals surface area contributed by atoms with Gasteiger partial charge in [0.2, 0.25) is 5.91 Å². The van der Waals surface area contributed by atoms with Gasteiger partial charge in [-0.1, -0.05) is 30.3 Å². The van der Waals surface area contributed by atoms with Gasteiger partial charge in [-0.25, -0.2) is 23.4 Å². The minimum absolute atomic E-state index is 0. The monoisotopic (exact) mass is 486 g/mol. The largest absolute Gasteiger partial charge is 0.383 e. The van der Waals surface area contributed by atoms with Gasteiger partial charge in [0.1, 0.15) is 17.8 Å². The molecule has 2 aromatic heterocycles. The number of hydrogen-bond acceptors (Lipinski definition) is 5. The van der Waals surface area contributed by atoms with Crippen molar-refractivity contribution in [2.24, 2.45) is 0 Å². The molecule has 4 aromatic rings. The Morgan fingerprint density at radius 2 is 1.85 bits per heavy atom. The number of anilines is 2. The normalized spacial score (nSPS) is 11.5. The molecule has 3 N–H and O–H groups in total. The van der Waals surface area contributed by atoms with E-state index in [0.29, 0.717) is 33.8 Å². The maximum atomic E-state index is 13.5. The Bertz CT molecular complexity index is 1320. The van der Waals surface area contributed by atoms with Gasteiger partial charge in [-0.3, -0.25) is 4.79 Å². The first kappa shape index (κ1) is 25.0. The fourth-order valence-electron chi connectivity index (χ4n) is 3.61. The minimum atomic E-state index is -2.95. The summed E-state index contributed by atoms with van der Waals surface area (Å²) in [5.74, 6) is -2.91. The first-order chi connectivity index (χ1) is 15.6. The van der Waals surface area contributed by atoms with Crippen molar-refractivity contribution in [1.82, 2.24) is 19.7 Å². The smallest absolute Gasteiger partial charge is 0.270 e. The number of carbonyl (C=O) groups is 1. The fraction of sp³-hybridized carbons (Fsp3) is 0.250. The first-order valence-electron chi connectivity index (χ1n) is 10.5. The van der Waals surface area contributed by atoms with Crippen molar-refractivity contribution in [2.75, 3.05) is 11.1 Å². The number of nitrogens with two attached hydrogens (primary N) is 1. The molecule has 0 fully saturated rings. The van der Waals surface area contributed by atoms with Crippen LogP contribution in [0.2, 0.25) is 0 Å². The third kappa shape index (κ3) is 5.14. The molecule has 0 aliphatic carbocycles. The number of hydrogen-bond donors (Lipinski definition) is 2. The third-order valence-corrected chi connectivity index (χ3v) is 5.25. The van der Waals surface area contributed by atoms with Crippen molar-refractivity contribution in [1.29, 1.82) is 0 Å². The number of carbonyl (C=O) groups excluding carboxylic acids is 1. The highest BCUT2D eigenvalue weighted by molar-refractivity contribution is 5.99. The summed E-state index contributed by atoms with van der Waals surface area (Å²) < 4.78 is 28.9. The van der Waals surface area contributed by atoms with E-state index in [0.717, 1.165) is 12.5 Å². The quantitative estimate of drug-likeness (QED) is 0.381. The summed E-state index contributed by atoms with van der Waals surface area (Å²) in [6.45, 7) is 4.84. The van der Waals surface area contributed by atoms with Crippen LogP contribution < -0.4 is 11.1 Å². The van der Waals surface area contributed by atoms with Crippen LogP contribution in [0.1, 0.15) is 37.9 Å². The molecule has 0 saturated carbocycles. The predicted molar refractivity (Wildman–Crippen MR) is 131 cm³/mol. The van der Waals surface area contributed by atoms with Crippen LogP contribution >= 0.6 is 12.4 Å². The standard InChI is InChI=1S/C24H24F2N6O.ClH/c1-14(2)32-23-20(22(27)28-13-29-23)21(31-32)16-7-9-18(10-8-16)30-19(33)12-15-5-4-6-17(11-15)24(3,25)26;/h4-11,13-14H,12H2,1-3H3,(H,30,33)(H2,27,28,29);1H. The second kappa shape index (κ2) is 9.72. The van der Waals surface area contributed by atoms with E-state index in [1.807, 2.05) is 26.0 Å². The molecule has 0 radical (unpaired) electrons. The zero-order chi connectivity index (χ0) is 23.8. The van der Waals surface area contributed by atoms with Gasteiger partial charge in [-0.15, -0.1) is 12.4 Å². The molecule has 0 atom stereocenters. The Hall–Kier alpha value is -3.59. The molecule has 178 valence electrons. The van der Waals surface area contributed by atoms with Crippen molar-refractivity contribution in [2.45, 2.75) is 39.2 Å². The molecule has 0 spiro atoms. The fourth-order valence-corrected chi connectivity index (χ4v) is 3.61. The molecule has 0 bridgehead atoms. The van der Waals surface area contributed by atoms with Crippen LogP contribution in [0.3, 0.4) is 0 Å². The molecular weight excluding hydrogens is 462 g/mol. The van der Waals surface area contributed by atoms with Crippen molar-refractivity contribution in [3.63, 3.8) is 0 Å². The van der Waals surface area contributed by atoms with Gasteiger partial charge in [0.25, 0.3) is 5.92 Å². The Balaban J connectivity index is 0.00000324. The molecule has 1 amide bonds. The molecule has 0 saturated heterocycles. The van der Waals surface area contributed by atoms with Crippen LogP contribution in [0.25, 0.3) is 22.3 Å². The lowest BCUT2D eigenvalue weighted by Crippen LogP contribution is -2.15. The van der Waals surface area contributed by atoms with Crippen LogP contribution in [-0.2, 0) is 17.1 Å². The van der Waals surface area contributed by atoms with E-state index in [-0.39, 0.29) is 36.3 Å². The average Bonchev–Trinajstić information content (AvgIpc) is 3.15. The number of alkyl halides is 2. The number of nitrogens with one attached hydrogen (secondary N) is 1. The van der Waals surface area contributed by atoms with E-state index in [4.69, 9.17) is 5.73 Å². The number of halogens is 3. The van der Waals surface area contributed by atoms with Gasteiger partial charge in [0, 0.05) is 29.8 Å². The van der Waals surface area contributed by atoms with E-state index < -0.39 is 5.92 Å². The molecule has 2 aromatic carbocycles. The highest BCUT2D eigenvalue weighted by Crippen LogP contribution is 2.32. The van der Waals surface area contributed by atoms with E-state index in [9.17, 15) is 13.6 Å². The van der Waals surface area contributed by atoms with Crippen LogP contribution in [-0.4, -0.2) is 25.7 Å². The summed E-state index contributed by atoms with van der Waals surface area (Å²) in [6.07, 6.45) is 1.40. The summed E-state index contributed by atoms with van der Waals surface area (Å²) in [7, 11) is 0. The second-order valence-corrected chi connectivity index (χ2v) is 8.24. The molecular formula is C24H25ClF2N6O. The Kier molecular flexibility index (Phi) is 7.16. The summed E-state index contributed by atoms with van der Waals surface area (Å²) in [4.78, 5) is 20.9. The maximum Gasteiger partial charge on any atom is 0.270 e. The van der Waals surface area contributed by atoms with E-state index in [1.54, 1.807) is 22.9 Å². The van der Waals surface area contributed by atoms with Gasteiger partial charge in [-0.2, -0.15) is 5.10 Å². The number of amides is 1. The summed E-state index contributed by atoms with van der Waals surface area (Å²) >= 11 is 0. The zero-order valence-corrected chi connectivity index (χ0v) is 19.7. The van der Waals surface area contributed by atoms with E-state index in [1.165, 1.54) is 24.5 Å². The van der Waals surface area contributed by atoms with Crippen LogP contribution in [0.5, 0.6) is 0 Å². The molecule has 7 nitrogen and oxygen atoms in total. The zero-order valence-electron chi connectivity index (χ0n) is 18.9. The van der Waals surface area contributed by atoms with Gasteiger partial charge in [0.05, 0.1) is 11.8 Å². The Labute approximate surface area is 201 Å². The third-order valence-electron chi connectivity index (χ3n) is 5.25. The topological polar surface area (TPSA) is 98.7 Å². The first-order valence-corrected chi connectivity index (χ1v) is 10.5. The predicted octanol–water partition coefficient (Wildman–Crippen LogP) is 5.37. The highest BCUT2D eigenvalue weighted by atomic mass is 35.5.